The molecular formula is C8H8ClF3N2. The Bertz CT molecular complexity index is 325. The molecule has 1 aromatic carbocycles. The predicted octanol–water partition coefficient (Wildman–Crippen LogP) is 2.32. The quantitative estimate of drug-likeness (QED) is 0.598. The van der Waals surface area contributed by atoms with E-state index < -0.39 is 11.7 Å². The zero-order chi connectivity index (χ0) is 10.8. The standard InChI is InChI=1S/C8H8ClF3N2/c9-7-3-5(4-14-13)1-2-6(7)8(10,11)12/h1-3,14H,4,13H2. The summed E-state index contributed by atoms with van der Waals surface area (Å²) in [4.78, 5) is 0. The van der Waals surface area contributed by atoms with Gasteiger partial charge in [-0.05, 0) is 17.7 Å². The Labute approximate surface area is 83.8 Å². The number of hydrogen-bond donors (Lipinski definition) is 2. The van der Waals surface area contributed by atoms with Crippen LogP contribution in [0.2, 0.25) is 5.02 Å². The summed E-state index contributed by atoms with van der Waals surface area (Å²) in [7, 11) is 0. The third kappa shape index (κ3) is 2.60. The second-order valence-electron chi connectivity index (χ2n) is 2.69. The van der Waals surface area contributed by atoms with Crippen LogP contribution in [0.1, 0.15) is 11.1 Å². The van der Waals surface area contributed by atoms with Crippen molar-refractivity contribution in [2.24, 2.45) is 5.84 Å². The summed E-state index contributed by atoms with van der Waals surface area (Å²) in [6, 6.07) is 3.51. The predicted molar refractivity (Wildman–Crippen MR) is 47.5 cm³/mol. The van der Waals surface area contributed by atoms with E-state index in [1.807, 2.05) is 0 Å². The number of hydrazine groups is 1. The van der Waals surface area contributed by atoms with Crippen LogP contribution in [-0.4, -0.2) is 0 Å². The first kappa shape index (κ1) is 11.3. The smallest absolute Gasteiger partial charge is 0.271 e. The molecule has 6 heteroatoms. The van der Waals surface area contributed by atoms with Crippen molar-refractivity contribution in [1.82, 2.24) is 5.43 Å². The van der Waals surface area contributed by atoms with Crippen molar-refractivity contribution < 1.29 is 13.2 Å². The number of halogens is 4. The molecule has 78 valence electrons. The van der Waals surface area contributed by atoms with E-state index in [9.17, 15) is 13.2 Å². The number of nitrogens with one attached hydrogen (secondary N) is 1. The highest BCUT2D eigenvalue weighted by Crippen LogP contribution is 2.34. The minimum absolute atomic E-state index is 0.276. The van der Waals surface area contributed by atoms with Crippen molar-refractivity contribution in [1.29, 1.82) is 0 Å². The van der Waals surface area contributed by atoms with Gasteiger partial charge in [0.15, 0.2) is 0 Å². The van der Waals surface area contributed by atoms with Crippen LogP contribution in [0.3, 0.4) is 0 Å². The lowest BCUT2D eigenvalue weighted by Crippen LogP contribution is -2.20. The Balaban J connectivity index is 3.02. The van der Waals surface area contributed by atoms with E-state index in [2.05, 4.69) is 5.43 Å². The highest BCUT2D eigenvalue weighted by atomic mass is 35.5. The molecule has 0 aliphatic rings. The van der Waals surface area contributed by atoms with Gasteiger partial charge in [-0.25, -0.2) is 0 Å². The molecule has 2 nitrogen and oxygen atoms in total. The third-order valence-corrected chi connectivity index (χ3v) is 1.96. The van der Waals surface area contributed by atoms with Crippen molar-refractivity contribution in [3.8, 4) is 0 Å². The summed E-state index contributed by atoms with van der Waals surface area (Å²) in [5, 5.41) is -0.315. The van der Waals surface area contributed by atoms with E-state index in [0.29, 0.717) is 5.56 Å². The average Bonchev–Trinajstić information content (AvgIpc) is 2.02. The summed E-state index contributed by atoms with van der Waals surface area (Å²) in [6.07, 6.45) is -4.41. The fraction of sp³-hybridized carbons (Fsp3) is 0.250. The lowest BCUT2D eigenvalue weighted by Gasteiger charge is -2.09. The van der Waals surface area contributed by atoms with Gasteiger partial charge >= 0.3 is 6.18 Å². The van der Waals surface area contributed by atoms with Crippen molar-refractivity contribution in [3.05, 3.63) is 34.3 Å². The molecular weight excluding hydrogens is 217 g/mol. The third-order valence-electron chi connectivity index (χ3n) is 1.65. The molecule has 0 fully saturated rings. The lowest BCUT2D eigenvalue weighted by molar-refractivity contribution is -0.137. The zero-order valence-electron chi connectivity index (χ0n) is 7.03. The summed E-state index contributed by atoms with van der Waals surface area (Å²) in [5.41, 5.74) is 2.10. The maximum atomic E-state index is 12.2. The fourth-order valence-corrected chi connectivity index (χ4v) is 1.33. The topological polar surface area (TPSA) is 38.0 Å². The normalized spacial score (nSPS) is 11.8. The van der Waals surface area contributed by atoms with E-state index >= 15 is 0 Å². The van der Waals surface area contributed by atoms with Crippen molar-refractivity contribution in [2.75, 3.05) is 0 Å². The molecule has 14 heavy (non-hydrogen) atoms. The lowest BCUT2D eigenvalue weighted by atomic mass is 10.1. The van der Waals surface area contributed by atoms with Crippen LogP contribution in [0, 0.1) is 0 Å². The molecule has 0 spiro atoms. The van der Waals surface area contributed by atoms with Crippen LogP contribution in [0.4, 0.5) is 13.2 Å². The Morgan fingerprint density at radius 3 is 2.43 bits per heavy atom. The Morgan fingerprint density at radius 1 is 1.36 bits per heavy atom. The van der Waals surface area contributed by atoms with E-state index in [4.69, 9.17) is 17.4 Å². The monoisotopic (exact) mass is 224 g/mol. The highest BCUT2D eigenvalue weighted by molar-refractivity contribution is 6.31. The van der Waals surface area contributed by atoms with Crippen LogP contribution >= 0.6 is 11.6 Å². The fourth-order valence-electron chi connectivity index (χ4n) is 1.02. The van der Waals surface area contributed by atoms with E-state index in [0.717, 1.165) is 6.07 Å². The van der Waals surface area contributed by atoms with Crippen LogP contribution in [-0.2, 0) is 12.7 Å². The second kappa shape index (κ2) is 4.16. The number of rotatable bonds is 2. The van der Waals surface area contributed by atoms with Gasteiger partial charge in [0.05, 0.1) is 10.6 Å². The van der Waals surface area contributed by atoms with Gasteiger partial charge in [-0.15, -0.1) is 0 Å². The molecule has 1 aromatic rings. The molecule has 0 saturated carbocycles. The van der Waals surface area contributed by atoms with Crippen LogP contribution in [0.15, 0.2) is 18.2 Å². The van der Waals surface area contributed by atoms with Gasteiger partial charge in [0.25, 0.3) is 0 Å². The summed E-state index contributed by atoms with van der Waals surface area (Å²) >= 11 is 5.46. The number of alkyl halides is 3. The Kier molecular flexibility index (Phi) is 3.36. The van der Waals surface area contributed by atoms with E-state index in [1.165, 1.54) is 12.1 Å². The molecule has 0 atom stereocenters. The average molecular weight is 225 g/mol. The summed E-state index contributed by atoms with van der Waals surface area (Å²) < 4.78 is 36.7. The van der Waals surface area contributed by atoms with Gasteiger partial charge in [-0.3, -0.25) is 11.3 Å². The van der Waals surface area contributed by atoms with Crippen molar-refractivity contribution in [2.45, 2.75) is 12.7 Å². The molecule has 0 heterocycles. The molecule has 0 unspecified atom stereocenters. The number of nitrogens with two attached hydrogens (primary N) is 1. The summed E-state index contributed by atoms with van der Waals surface area (Å²) in [6.45, 7) is 0.276. The maximum absolute atomic E-state index is 12.2. The molecule has 0 amide bonds. The van der Waals surface area contributed by atoms with Crippen molar-refractivity contribution in [3.63, 3.8) is 0 Å². The van der Waals surface area contributed by atoms with E-state index in [1.54, 1.807) is 0 Å². The molecule has 0 radical (unpaired) electrons. The molecule has 0 aromatic heterocycles. The van der Waals surface area contributed by atoms with Crippen molar-refractivity contribution >= 4 is 11.6 Å². The molecule has 3 N–H and O–H groups in total. The minimum atomic E-state index is -4.41. The second-order valence-corrected chi connectivity index (χ2v) is 3.10. The first-order valence-electron chi connectivity index (χ1n) is 3.74. The number of benzene rings is 1. The zero-order valence-corrected chi connectivity index (χ0v) is 7.78. The molecule has 0 aliphatic heterocycles. The molecule has 0 aliphatic carbocycles. The van der Waals surface area contributed by atoms with Gasteiger partial charge in [0.1, 0.15) is 0 Å². The van der Waals surface area contributed by atoms with Crippen LogP contribution in [0.25, 0.3) is 0 Å². The van der Waals surface area contributed by atoms with Gasteiger partial charge in [-0.2, -0.15) is 13.2 Å². The molecule has 1 rings (SSSR count). The van der Waals surface area contributed by atoms with Gasteiger partial charge < -0.3 is 0 Å². The van der Waals surface area contributed by atoms with Gasteiger partial charge in [0, 0.05) is 6.54 Å². The van der Waals surface area contributed by atoms with E-state index in [-0.39, 0.29) is 11.6 Å². The Morgan fingerprint density at radius 2 is 2.00 bits per heavy atom. The molecule has 0 bridgehead atoms. The number of hydrogen-bond acceptors (Lipinski definition) is 2. The summed E-state index contributed by atoms with van der Waals surface area (Å²) in [5.74, 6) is 5.02. The van der Waals surface area contributed by atoms with Crippen LogP contribution in [0.5, 0.6) is 0 Å². The minimum Gasteiger partial charge on any atom is -0.271 e. The first-order chi connectivity index (χ1) is 6.45. The molecule has 0 saturated heterocycles. The maximum Gasteiger partial charge on any atom is 0.417 e. The highest BCUT2D eigenvalue weighted by Gasteiger charge is 2.32. The first-order valence-corrected chi connectivity index (χ1v) is 4.12. The van der Waals surface area contributed by atoms with Gasteiger partial charge in [-0.1, -0.05) is 17.7 Å². The van der Waals surface area contributed by atoms with Gasteiger partial charge in [0.2, 0.25) is 0 Å². The largest absolute Gasteiger partial charge is 0.417 e. The SMILES string of the molecule is NNCc1ccc(C(F)(F)F)c(Cl)c1. The Hall–Kier alpha value is -0.780. The van der Waals surface area contributed by atoms with Crippen LogP contribution < -0.4 is 11.3 Å².